The van der Waals surface area contributed by atoms with Crippen molar-refractivity contribution in [1.29, 1.82) is 0 Å². The van der Waals surface area contributed by atoms with Gasteiger partial charge in [-0.25, -0.2) is 0 Å². The number of aliphatic hydroxyl groups excluding tert-OH is 1. The van der Waals surface area contributed by atoms with Gasteiger partial charge in [0.25, 0.3) is 0 Å². The highest BCUT2D eigenvalue weighted by molar-refractivity contribution is 4.66. The molecule has 1 rings (SSSR count). The van der Waals surface area contributed by atoms with Gasteiger partial charge in [0.1, 0.15) is 0 Å². The molecular formula is C12H25NO2. The lowest BCUT2D eigenvalue weighted by Gasteiger charge is -2.20. The van der Waals surface area contributed by atoms with E-state index in [0.717, 1.165) is 32.7 Å². The van der Waals surface area contributed by atoms with Crippen LogP contribution in [0.15, 0.2) is 0 Å². The average molecular weight is 215 g/mol. The van der Waals surface area contributed by atoms with Crippen molar-refractivity contribution < 1.29 is 9.84 Å². The van der Waals surface area contributed by atoms with E-state index in [-0.39, 0.29) is 0 Å². The molecule has 0 spiro atoms. The van der Waals surface area contributed by atoms with Gasteiger partial charge < -0.3 is 14.7 Å². The van der Waals surface area contributed by atoms with Crippen LogP contribution in [0.3, 0.4) is 0 Å². The third kappa shape index (κ3) is 5.50. The van der Waals surface area contributed by atoms with Gasteiger partial charge in [0, 0.05) is 19.8 Å². The maximum Gasteiger partial charge on any atom is 0.0576 e. The monoisotopic (exact) mass is 215 g/mol. The third-order valence-corrected chi connectivity index (χ3v) is 3.10. The van der Waals surface area contributed by atoms with Crippen LogP contribution in [0, 0.1) is 0 Å². The van der Waals surface area contributed by atoms with Gasteiger partial charge in [-0.2, -0.15) is 0 Å². The van der Waals surface area contributed by atoms with Crippen molar-refractivity contribution in [3.8, 4) is 0 Å². The first kappa shape index (κ1) is 12.9. The van der Waals surface area contributed by atoms with E-state index in [1.54, 1.807) is 0 Å². The third-order valence-electron chi connectivity index (χ3n) is 3.10. The lowest BCUT2D eigenvalue weighted by molar-refractivity contribution is 0.0985. The Labute approximate surface area is 93.4 Å². The first-order valence-corrected chi connectivity index (χ1v) is 6.31. The maximum atomic E-state index is 8.76. The fourth-order valence-electron chi connectivity index (χ4n) is 2.14. The molecule has 0 bridgehead atoms. The molecule has 1 unspecified atom stereocenters. The Morgan fingerprint density at radius 1 is 1.33 bits per heavy atom. The zero-order valence-corrected chi connectivity index (χ0v) is 9.95. The summed E-state index contributed by atoms with van der Waals surface area (Å²) in [5, 5.41) is 8.76. The van der Waals surface area contributed by atoms with E-state index in [9.17, 15) is 0 Å². The summed E-state index contributed by atoms with van der Waals surface area (Å²) in [5.74, 6) is 0. The molecule has 1 heterocycles. The minimum atomic E-state index is 0.308. The zero-order chi connectivity index (χ0) is 10.9. The number of ether oxygens (including phenoxy) is 1. The number of aliphatic hydroxyl groups is 1. The molecule has 1 fully saturated rings. The Morgan fingerprint density at radius 3 is 2.73 bits per heavy atom. The van der Waals surface area contributed by atoms with Gasteiger partial charge in [-0.3, -0.25) is 0 Å². The molecule has 1 saturated heterocycles. The zero-order valence-electron chi connectivity index (χ0n) is 9.95. The van der Waals surface area contributed by atoms with Crippen molar-refractivity contribution in [3.05, 3.63) is 0 Å². The molecule has 1 aliphatic rings. The van der Waals surface area contributed by atoms with E-state index in [1.807, 2.05) is 0 Å². The van der Waals surface area contributed by atoms with Gasteiger partial charge in [-0.15, -0.1) is 0 Å². The van der Waals surface area contributed by atoms with Gasteiger partial charge >= 0.3 is 0 Å². The number of nitrogens with zero attached hydrogens (tertiary/aromatic N) is 1. The van der Waals surface area contributed by atoms with Crippen LogP contribution in [0.4, 0.5) is 0 Å². The Kier molecular flexibility index (Phi) is 6.98. The highest BCUT2D eigenvalue weighted by Crippen LogP contribution is 2.16. The Hall–Kier alpha value is -0.120. The summed E-state index contributed by atoms with van der Waals surface area (Å²) < 4.78 is 5.59. The van der Waals surface area contributed by atoms with Gasteiger partial charge in [0.05, 0.1) is 6.10 Å². The first-order chi connectivity index (χ1) is 7.36. The molecule has 1 N–H and O–H groups in total. The maximum absolute atomic E-state index is 8.76. The number of hydrogen-bond donors (Lipinski definition) is 1. The molecular weight excluding hydrogens is 190 g/mol. The van der Waals surface area contributed by atoms with E-state index in [2.05, 4.69) is 11.8 Å². The minimum Gasteiger partial charge on any atom is -0.396 e. The first-order valence-electron chi connectivity index (χ1n) is 6.31. The molecule has 0 radical (unpaired) electrons. The topological polar surface area (TPSA) is 32.7 Å². The summed E-state index contributed by atoms with van der Waals surface area (Å²) >= 11 is 0. The van der Waals surface area contributed by atoms with Crippen molar-refractivity contribution in [1.82, 2.24) is 4.90 Å². The summed E-state index contributed by atoms with van der Waals surface area (Å²) in [6, 6.07) is 0. The minimum absolute atomic E-state index is 0.308. The predicted molar refractivity (Wildman–Crippen MR) is 62.0 cm³/mol. The van der Waals surface area contributed by atoms with E-state index >= 15 is 0 Å². The van der Waals surface area contributed by atoms with Crippen molar-refractivity contribution in [2.75, 3.05) is 32.8 Å². The predicted octanol–water partition coefficient (Wildman–Crippen LogP) is 1.65. The molecule has 0 aromatic rings. The molecule has 3 heteroatoms. The molecule has 0 aliphatic carbocycles. The summed E-state index contributed by atoms with van der Waals surface area (Å²) in [6.45, 7) is 6.72. The van der Waals surface area contributed by atoms with Crippen LogP contribution in [-0.2, 0) is 4.74 Å². The van der Waals surface area contributed by atoms with Gasteiger partial charge in [0.15, 0.2) is 0 Å². The SMILES string of the molecule is CCN(CCCO)CCCC1CCCO1. The van der Waals surface area contributed by atoms with Crippen LogP contribution in [0.5, 0.6) is 0 Å². The van der Waals surface area contributed by atoms with Crippen LogP contribution < -0.4 is 0 Å². The molecule has 0 aromatic heterocycles. The summed E-state index contributed by atoms with van der Waals surface area (Å²) in [7, 11) is 0. The van der Waals surface area contributed by atoms with Crippen LogP contribution in [0.1, 0.15) is 39.0 Å². The molecule has 0 amide bonds. The number of hydrogen-bond acceptors (Lipinski definition) is 3. The second-order valence-electron chi connectivity index (χ2n) is 4.29. The standard InChI is InChI=1S/C12H25NO2/c1-2-13(9-5-10-14)8-3-6-12-7-4-11-15-12/h12,14H,2-11H2,1H3. The molecule has 90 valence electrons. The smallest absolute Gasteiger partial charge is 0.0576 e. The van der Waals surface area contributed by atoms with Crippen molar-refractivity contribution in [2.45, 2.75) is 45.1 Å². The number of rotatable bonds is 8. The van der Waals surface area contributed by atoms with Gasteiger partial charge in [-0.05, 0) is 45.2 Å². The van der Waals surface area contributed by atoms with Crippen molar-refractivity contribution >= 4 is 0 Å². The van der Waals surface area contributed by atoms with E-state index in [1.165, 1.54) is 25.7 Å². The second kappa shape index (κ2) is 8.08. The molecule has 1 aliphatic heterocycles. The lowest BCUT2D eigenvalue weighted by Crippen LogP contribution is -2.27. The molecule has 0 saturated carbocycles. The highest BCUT2D eigenvalue weighted by Gasteiger charge is 2.14. The second-order valence-corrected chi connectivity index (χ2v) is 4.29. The Morgan fingerprint density at radius 2 is 2.13 bits per heavy atom. The van der Waals surface area contributed by atoms with Crippen LogP contribution in [0.2, 0.25) is 0 Å². The normalized spacial score (nSPS) is 21.4. The molecule has 3 nitrogen and oxygen atoms in total. The summed E-state index contributed by atoms with van der Waals surface area (Å²) in [5.41, 5.74) is 0. The van der Waals surface area contributed by atoms with Crippen LogP contribution >= 0.6 is 0 Å². The molecule has 0 aromatic carbocycles. The van der Waals surface area contributed by atoms with Crippen molar-refractivity contribution in [2.24, 2.45) is 0 Å². The van der Waals surface area contributed by atoms with Crippen LogP contribution in [0.25, 0.3) is 0 Å². The summed E-state index contributed by atoms with van der Waals surface area (Å²) in [4.78, 5) is 2.41. The largest absolute Gasteiger partial charge is 0.396 e. The van der Waals surface area contributed by atoms with E-state index < -0.39 is 0 Å². The summed E-state index contributed by atoms with van der Waals surface area (Å²) in [6.07, 6.45) is 6.35. The van der Waals surface area contributed by atoms with Crippen molar-refractivity contribution in [3.63, 3.8) is 0 Å². The highest BCUT2D eigenvalue weighted by atomic mass is 16.5. The van der Waals surface area contributed by atoms with E-state index in [0.29, 0.717) is 12.7 Å². The van der Waals surface area contributed by atoms with E-state index in [4.69, 9.17) is 9.84 Å². The quantitative estimate of drug-likeness (QED) is 0.668. The fourth-order valence-corrected chi connectivity index (χ4v) is 2.14. The average Bonchev–Trinajstić information content (AvgIpc) is 2.76. The lowest BCUT2D eigenvalue weighted by atomic mass is 10.1. The molecule has 15 heavy (non-hydrogen) atoms. The van der Waals surface area contributed by atoms with Gasteiger partial charge in [0.2, 0.25) is 0 Å². The van der Waals surface area contributed by atoms with Gasteiger partial charge in [-0.1, -0.05) is 6.92 Å². The molecule has 1 atom stereocenters. The Balaban J connectivity index is 2.00. The Bertz CT molecular complexity index is 147. The fraction of sp³-hybridized carbons (Fsp3) is 1.00. The van der Waals surface area contributed by atoms with Crippen LogP contribution in [-0.4, -0.2) is 49.0 Å².